The lowest BCUT2D eigenvalue weighted by Gasteiger charge is -2.35. The zero-order chi connectivity index (χ0) is 23.4. The first-order chi connectivity index (χ1) is 16.0. The summed E-state index contributed by atoms with van der Waals surface area (Å²) in [4.78, 5) is 15.9. The first-order valence-corrected chi connectivity index (χ1v) is 12.8. The predicted octanol–water partition coefficient (Wildman–Crippen LogP) is 5.42. The van der Waals surface area contributed by atoms with Crippen LogP contribution in [-0.4, -0.2) is 25.6 Å². The van der Waals surface area contributed by atoms with E-state index in [-0.39, 0.29) is 11.9 Å². The number of aryl methyl sites for hydroxylation is 1. The molecule has 2 heterocycles. The molecule has 0 spiro atoms. The van der Waals surface area contributed by atoms with Gasteiger partial charge >= 0.3 is 0 Å². The molecule has 2 N–H and O–H groups in total. The van der Waals surface area contributed by atoms with Crippen LogP contribution in [-0.2, 0) is 0 Å². The Hall–Kier alpha value is -2.63. The van der Waals surface area contributed by atoms with E-state index in [2.05, 4.69) is 50.4 Å². The van der Waals surface area contributed by atoms with Crippen LogP contribution in [0, 0.1) is 19.8 Å². The van der Waals surface area contributed by atoms with E-state index in [0.717, 1.165) is 29.8 Å². The Bertz CT molecular complexity index is 1070. The molecule has 1 fully saturated rings. The first kappa shape index (κ1) is 23.5. The standard InChI is InChI=1S/C28H34N2O2S/c1-5-32-24-13-11-22(12-14-24)26(30-17-15-19(2)16-18-30)25-20(3)21(4)33-28(25)29-27(31)23-9-7-6-8-10-23/h6-14,19,26H,5,15-18H2,1-4H3,(H,29,31)/p+1/t26-/m0/s1. The lowest BCUT2D eigenvalue weighted by Crippen LogP contribution is -3.13. The van der Waals surface area contributed by atoms with E-state index in [9.17, 15) is 4.79 Å². The van der Waals surface area contributed by atoms with Crippen LogP contribution in [0.1, 0.15) is 64.7 Å². The van der Waals surface area contributed by atoms with Gasteiger partial charge in [-0.05, 0) is 81.5 Å². The van der Waals surface area contributed by atoms with Gasteiger partial charge in [0.2, 0.25) is 0 Å². The number of ether oxygens (including phenoxy) is 1. The Morgan fingerprint density at radius 3 is 2.39 bits per heavy atom. The minimum absolute atomic E-state index is 0.0502. The summed E-state index contributed by atoms with van der Waals surface area (Å²) in [5.41, 5.74) is 4.51. The monoisotopic (exact) mass is 463 g/mol. The number of benzene rings is 2. The molecular weight excluding hydrogens is 428 g/mol. The van der Waals surface area contributed by atoms with Gasteiger partial charge in [0.05, 0.1) is 25.3 Å². The molecule has 1 amide bonds. The summed E-state index contributed by atoms with van der Waals surface area (Å²) in [5, 5.41) is 4.24. The molecule has 174 valence electrons. The maximum absolute atomic E-state index is 13.1. The number of amides is 1. The first-order valence-electron chi connectivity index (χ1n) is 12.0. The Morgan fingerprint density at radius 2 is 1.76 bits per heavy atom. The summed E-state index contributed by atoms with van der Waals surface area (Å²) < 4.78 is 5.70. The number of piperidine rings is 1. The summed E-state index contributed by atoms with van der Waals surface area (Å²) in [6, 6.07) is 18.2. The van der Waals surface area contributed by atoms with Crippen molar-refractivity contribution in [3.63, 3.8) is 0 Å². The normalized spacial score (nSPS) is 19.2. The number of carbonyl (C=O) groups excluding carboxylic acids is 1. The molecule has 33 heavy (non-hydrogen) atoms. The molecule has 3 aromatic rings. The van der Waals surface area contributed by atoms with E-state index < -0.39 is 0 Å². The summed E-state index contributed by atoms with van der Waals surface area (Å²) in [5.74, 6) is 1.63. The highest BCUT2D eigenvalue weighted by molar-refractivity contribution is 7.16. The third kappa shape index (κ3) is 5.31. The molecule has 1 aliphatic rings. The van der Waals surface area contributed by atoms with Gasteiger partial charge in [0.1, 0.15) is 16.8 Å². The fourth-order valence-corrected chi connectivity index (χ4v) is 5.89. The molecule has 1 aromatic heterocycles. The highest BCUT2D eigenvalue weighted by Gasteiger charge is 2.34. The van der Waals surface area contributed by atoms with E-state index in [0.29, 0.717) is 12.2 Å². The van der Waals surface area contributed by atoms with E-state index in [1.165, 1.54) is 34.4 Å². The maximum Gasteiger partial charge on any atom is 0.256 e. The Kier molecular flexibility index (Phi) is 7.51. The summed E-state index contributed by atoms with van der Waals surface area (Å²) in [6.07, 6.45) is 2.47. The van der Waals surface area contributed by atoms with Crippen LogP contribution < -0.4 is 15.0 Å². The minimum Gasteiger partial charge on any atom is -0.494 e. The van der Waals surface area contributed by atoms with Crippen molar-refractivity contribution in [1.82, 2.24) is 0 Å². The van der Waals surface area contributed by atoms with Crippen LogP contribution in [0.3, 0.4) is 0 Å². The quantitative estimate of drug-likeness (QED) is 0.491. The molecule has 2 aromatic carbocycles. The molecule has 1 atom stereocenters. The molecule has 0 radical (unpaired) electrons. The van der Waals surface area contributed by atoms with Crippen molar-refractivity contribution in [3.05, 3.63) is 81.7 Å². The van der Waals surface area contributed by atoms with Gasteiger partial charge in [-0.3, -0.25) is 4.79 Å². The van der Waals surface area contributed by atoms with Crippen LogP contribution in [0.25, 0.3) is 0 Å². The van der Waals surface area contributed by atoms with Crippen molar-refractivity contribution < 1.29 is 14.4 Å². The number of nitrogens with one attached hydrogen (secondary N) is 2. The largest absolute Gasteiger partial charge is 0.494 e. The van der Waals surface area contributed by atoms with Crippen molar-refractivity contribution in [1.29, 1.82) is 0 Å². The number of quaternary nitrogens is 1. The molecule has 5 heteroatoms. The van der Waals surface area contributed by atoms with E-state index in [1.807, 2.05) is 37.3 Å². The predicted molar refractivity (Wildman–Crippen MR) is 137 cm³/mol. The number of carbonyl (C=O) groups is 1. The second kappa shape index (κ2) is 10.5. The number of hydrogen-bond acceptors (Lipinski definition) is 3. The summed E-state index contributed by atoms with van der Waals surface area (Å²) in [7, 11) is 0. The fourth-order valence-electron chi connectivity index (χ4n) is 4.80. The minimum atomic E-state index is -0.0502. The van der Waals surface area contributed by atoms with Gasteiger partial charge in [0, 0.05) is 16.0 Å². The molecule has 0 unspecified atom stereocenters. The number of thiophene rings is 1. The Labute approximate surface area is 201 Å². The fraction of sp³-hybridized carbons (Fsp3) is 0.393. The van der Waals surface area contributed by atoms with Gasteiger partial charge in [-0.15, -0.1) is 11.3 Å². The van der Waals surface area contributed by atoms with E-state index in [1.54, 1.807) is 16.2 Å². The molecule has 4 rings (SSSR count). The molecule has 1 saturated heterocycles. The zero-order valence-corrected chi connectivity index (χ0v) is 20.9. The van der Waals surface area contributed by atoms with Crippen LogP contribution in [0.15, 0.2) is 54.6 Å². The molecule has 0 bridgehead atoms. The van der Waals surface area contributed by atoms with Gasteiger partial charge in [-0.1, -0.05) is 25.1 Å². The second-order valence-corrected chi connectivity index (χ2v) is 10.3. The highest BCUT2D eigenvalue weighted by atomic mass is 32.1. The smallest absolute Gasteiger partial charge is 0.256 e. The van der Waals surface area contributed by atoms with E-state index in [4.69, 9.17) is 4.74 Å². The number of anilines is 1. The van der Waals surface area contributed by atoms with Gasteiger partial charge in [-0.2, -0.15) is 0 Å². The van der Waals surface area contributed by atoms with Crippen LogP contribution >= 0.6 is 11.3 Å². The SMILES string of the molecule is CCOc1ccc([C@@H](c2c(NC(=O)c3ccccc3)sc(C)c2C)[NH+]2CCC(C)CC2)cc1. The maximum atomic E-state index is 13.1. The Balaban J connectivity index is 1.74. The van der Waals surface area contributed by atoms with Crippen molar-refractivity contribution >= 4 is 22.2 Å². The number of hydrogen-bond donors (Lipinski definition) is 2. The third-order valence-electron chi connectivity index (χ3n) is 6.83. The number of likely N-dealkylation sites (tertiary alicyclic amines) is 1. The lowest BCUT2D eigenvalue weighted by molar-refractivity contribution is -0.931. The van der Waals surface area contributed by atoms with Crippen molar-refractivity contribution in [3.8, 4) is 5.75 Å². The zero-order valence-electron chi connectivity index (χ0n) is 20.1. The molecule has 1 aliphatic heterocycles. The highest BCUT2D eigenvalue weighted by Crippen LogP contribution is 2.39. The average Bonchev–Trinajstić information content (AvgIpc) is 3.10. The van der Waals surface area contributed by atoms with Crippen molar-refractivity contribution in [2.24, 2.45) is 5.92 Å². The van der Waals surface area contributed by atoms with Crippen molar-refractivity contribution in [2.45, 2.75) is 46.6 Å². The van der Waals surface area contributed by atoms with Gasteiger partial charge in [-0.25, -0.2) is 0 Å². The van der Waals surface area contributed by atoms with Crippen LogP contribution in [0.4, 0.5) is 5.00 Å². The van der Waals surface area contributed by atoms with Crippen molar-refractivity contribution in [2.75, 3.05) is 25.0 Å². The Morgan fingerprint density at radius 1 is 1.09 bits per heavy atom. The molecule has 4 nitrogen and oxygen atoms in total. The van der Waals surface area contributed by atoms with Gasteiger partial charge in [0.25, 0.3) is 5.91 Å². The topological polar surface area (TPSA) is 42.8 Å². The second-order valence-electron chi connectivity index (χ2n) is 9.12. The summed E-state index contributed by atoms with van der Waals surface area (Å²) >= 11 is 1.69. The molecular formula is C28H35N2O2S+. The molecule has 0 aliphatic carbocycles. The third-order valence-corrected chi connectivity index (χ3v) is 7.97. The average molecular weight is 464 g/mol. The van der Waals surface area contributed by atoms with Gasteiger partial charge < -0.3 is 15.0 Å². The molecule has 0 saturated carbocycles. The summed E-state index contributed by atoms with van der Waals surface area (Å²) in [6.45, 7) is 11.7. The van der Waals surface area contributed by atoms with Gasteiger partial charge in [0.15, 0.2) is 0 Å². The van der Waals surface area contributed by atoms with Crippen LogP contribution in [0.2, 0.25) is 0 Å². The number of rotatable bonds is 7. The van der Waals surface area contributed by atoms with Crippen LogP contribution in [0.5, 0.6) is 5.75 Å². The lowest BCUT2D eigenvalue weighted by atomic mass is 9.91. The van der Waals surface area contributed by atoms with E-state index >= 15 is 0 Å².